The Kier molecular flexibility index (Phi) is 8.03. The van der Waals surface area contributed by atoms with Gasteiger partial charge in [0.15, 0.2) is 0 Å². The highest BCUT2D eigenvalue weighted by Gasteiger charge is 2.34. The van der Waals surface area contributed by atoms with Gasteiger partial charge in [0, 0.05) is 23.4 Å². The lowest BCUT2D eigenvalue weighted by Crippen LogP contribution is -2.23. The highest BCUT2D eigenvalue weighted by molar-refractivity contribution is 7.99. The topological polar surface area (TPSA) is 18.5 Å². The van der Waals surface area contributed by atoms with Crippen molar-refractivity contribution >= 4 is 28.8 Å². The maximum absolute atomic E-state index is 13.8. The number of unbranched alkanes of at least 4 members (excludes halogenated alkanes) is 1. The molecule has 7 heteroatoms. The molecule has 1 heterocycles. The van der Waals surface area contributed by atoms with E-state index in [1.807, 2.05) is 7.05 Å². The summed E-state index contributed by atoms with van der Waals surface area (Å²) in [6.07, 6.45) is 3.75. The van der Waals surface area contributed by atoms with Crippen LogP contribution in [0.5, 0.6) is 0 Å². The number of anilines is 3. The maximum Gasteiger partial charge on any atom is 0.416 e. The van der Waals surface area contributed by atoms with Crippen LogP contribution in [0.15, 0.2) is 40.1 Å². The van der Waals surface area contributed by atoms with Crippen molar-refractivity contribution in [1.82, 2.24) is 4.90 Å². The van der Waals surface area contributed by atoms with Gasteiger partial charge in [0.2, 0.25) is 0 Å². The molecule has 0 radical (unpaired) electrons. The lowest BCUT2D eigenvalue weighted by molar-refractivity contribution is -0.137. The van der Waals surface area contributed by atoms with E-state index in [0.29, 0.717) is 23.0 Å². The molecule has 2 aliphatic rings. The first-order chi connectivity index (χ1) is 16.3. The lowest BCUT2D eigenvalue weighted by Gasteiger charge is -2.33. The van der Waals surface area contributed by atoms with E-state index in [9.17, 15) is 13.2 Å². The molecular weight excluding hydrogens is 455 g/mol. The second-order valence-corrected chi connectivity index (χ2v) is 10.8. The maximum atomic E-state index is 13.8. The summed E-state index contributed by atoms with van der Waals surface area (Å²) in [6, 6.07) is 9.14. The van der Waals surface area contributed by atoms with Crippen molar-refractivity contribution in [1.29, 1.82) is 0 Å². The van der Waals surface area contributed by atoms with E-state index in [4.69, 9.17) is 0 Å². The summed E-state index contributed by atoms with van der Waals surface area (Å²) in [5.41, 5.74) is 3.17. The second kappa shape index (κ2) is 10.8. The van der Waals surface area contributed by atoms with Crippen molar-refractivity contribution in [2.45, 2.75) is 73.8 Å². The zero-order valence-electron chi connectivity index (χ0n) is 20.5. The van der Waals surface area contributed by atoms with Gasteiger partial charge in [-0.25, -0.2) is 0 Å². The first-order valence-electron chi connectivity index (χ1n) is 12.5. The molecule has 4 rings (SSSR count). The molecule has 3 nitrogen and oxygen atoms in total. The number of halogens is 3. The van der Waals surface area contributed by atoms with E-state index in [1.165, 1.54) is 55.1 Å². The van der Waals surface area contributed by atoms with E-state index >= 15 is 0 Å². The molecule has 0 bridgehead atoms. The number of nitrogens with one attached hydrogen (secondary N) is 1. The Bertz CT molecular complexity index is 986. The van der Waals surface area contributed by atoms with Gasteiger partial charge < -0.3 is 15.1 Å². The summed E-state index contributed by atoms with van der Waals surface area (Å²) >= 11 is 1.47. The molecule has 0 saturated heterocycles. The largest absolute Gasteiger partial charge is 0.416 e. The van der Waals surface area contributed by atoms with Crippen molar-refractivity contribution in [2.75, 3.05) is 43.9 Å². The smallest absolute Gasteiger partial charge is 0.383 e. The average molecular weight is 492 g/mol. The fourth-order valence-corrected chi connectivity index (χ4v) is 6.35. The number of hydrogen-bond donors (Lipinski definition) is 1. The van der Waals surface area contributed by atoms with Gasteiger partial charge in [-0.15, -0.1) is 0 Å². The standard InChI is InChI=1S/C27H36F3N3S/c1-4-5-14-32(2)15-8-13-31-22-17-21(27(28,29)30)18-25-26(22)33(3)23-12-11-20(16-24(23)34-25)19-9-6-7-10-19/h11-12,16-19,31H,4-10,13-15H2,1-3H3. The van der Waals surface area contributed by atoms with Crippen LogP contribution in [0.4, 0.5) is 30.2 Å². The van der Waals surface area contributed by atoms with Gasteiger partial charge in [-0.05, 0) is 81.6 Å². The zero-order chi connectivity index (χ0) is 24.3. The van der Waals surface area contributed by atoms with Gasteiger partial charge in [0.05, 0.1) is 22.6 Å². The van der Waals surface area contributed by atoms with E-state index in [1.54, 1.807) is 0 Å². The predicted octanol–water partition coefficient (Wildman–Crippen LogP) is 8.13. The minimum atomic E-state index is -4.38. The molecular formula is C27H36F3N3S. The molecule has 0 unspecified atom stereocenters. The molecule has 186 valence electrons. The van der Waals surface area contributed by atoms with Crippen LogP contribution in [0, 0.1) is 0 Å². The summed E-state index contributed by atoms with van der Waals surface area (Å²) in [4.78, 5) is 6.04. The van der Waals surface area contributed by atoms with E-state index in [0.717, 1.165) is 48.6 Å². The minimum Gasteiger partial charge on any atom is -0.383 e. The van der Waals surface area contributed by atoms with Crippen molar-refractivity contribution in [3.63, 3.8) is 0 Å². The van der Waals surface area contributed by atoms with Gasteiger partial charge in [0.1, 0.15) is 0 Å². The Hall–Kier alpha value is -1.86. The number of nitrogens with zero attached hydrogens (tertiary/aromatic N) is 2. The fourth-order valence-electron chi connectivity index (χ4n) is 5.08. The van der Waals surface area contributed by atoms with Crippen molar-refractivity contribution in [3.05, 3.63) is 41.5 Å². The third-order valence-electron chi connectivity index (χ3n) is 7.05. The Morgan fingerprint density at radius 1 is 1.06 bits per heavy atom. The van der Waals surface area contributed by atoms with Crippen LogP contribution in [0.1, 0.15) is 68.9 Å². The monoisotopic (exact) mass is 491 g/mol. The van der Waals surface area contributed by atoms with Crippen molar-refractivity contribution in [2.24, 2.45) is 0 Å². The van der Waals surface area contributed by atoms with Crippen LogP contribution in [-0.4, -0.2) is 38.6 Å². The molecule has 1 aliphatic heterocycles. The van der Waals surface area contributed by atoms with Crippen molar-refractivity contribution < 1.29 is 13.2 Å². The van der Waals surface area contributed by atoms with Gasteiger partial charge in [-0.1, -0.05) is 44.0 Å². The van der Waals surface area contributed by atoms with Gasteiger partial charge in [-0.3, -0.25) is 0 Å². The molecule has 0 spiro atoms. The van der Waals surface area contributed by atoms with Crippen molar-refractivity contribution in [3.8, 4) is 0 Å². The Balaban J connectivity index is 1.57. The zero-order valence-corrected chi connectivity index (χ0v) is 21.3. The summed E-state index contributed by atoms with van der Waals surface area (Å²) in [5, 5.41) is 3.33. The molecule has 1 aliphatic carbocycles. The summed E-state index contributed by atoms with van der Waals surface area (Å²) in [5.74, 6) is 0.576. The number of alkyl halides is 3. The van der Waals surface area contributed by atoms with E-state index in [2.05, 4.69) is 47.3 Å². The Labute approximate surface area is 206 Å². The van der Waals surface area contributed by atoms with Crippen LogP contribution in [0.2, 0.25) is 0 Å². The van der Waals surface area contributed by atoms with Gasteiger partial charge in [0.25, 0.3) is 0 Å². The van der Waals surface area contributed by atoms with Crippen LogP contribution < -0.4 is 10.2 Å². The molecule has 34 heavy (non-hydrogen) atoms. The molecule has 0 amide bonds. The van der Waals surface area contributed by atoms with Crippen LogP contribution >= 0.6 is 11.8 Å². The fraction of sp³-hybridized carbons (Fsp3) is 0.556. The quantitative estimate of drug-likeness (QED) is 0.357. The van der Waals surface area contributed by atoms with Crippen LogP contribution in [0.25, 0.3) is 0 Å². The number of rotatable bonds is 9. The Morgan fingerprint density at radius 2 is 1.79 bits per heavy atom. The van der Waals surface area contributed by atoms with Gasteiger partial charge in [-0.2, -0.15) is 13.2 Å². The predicted molar refractivity (Wildman–Crippen MR) is 137 cm³/mol. The molecule has 1 N–H and O–H groups in total. The summed E-state index contributed by atoms with van der Waals surface area (Å²) in [7, 11) is 4.06. The molecule has 2 aromatic rings. The highest BCUT2D eigenvalue weighted by Crippen LogP contribution is 2.53. The molecule has 0 atom stereocenters. The number of hydrogen-bond acceptors (Lipinski definition) is 4. The average Bonchev–Trinajstić information content (AvgIpc) is 3.34. The Morgan fingerprint density at radius 3 is 2.50 bits per heavy atom. The SMILES string of the molecule is CCCCN(C)CCCNc1cc(C(F)(F)F)cc2c1N(C)c1ccc(C3CCCC3)cc1S2. The first kappa shape index (κ1) is 25.2. The summed E-state index contributed by atoms with van der Waals surface area (Å²) in [6.45, 7) is 4.78. The van der Waals surface area contributed by atoms with Crippen LogP contribution in [-0.2, 0) is 6.18 Å². The minimum absolute atomic E-state index is 0.557. The molecule has 2 aromatic carbocycles. The third kappa shape index (κ3) is 5.68. The lowest BCUT2D eigenvalue weighted by atomic mass is 9.97. The van der Waals surface area contributed by atoms with Gasteiger partial charge >= 0.3 is 6.18 Å². The highest BCUT2D eigenvalue weighted by atomic mass is 32.2. The molecule has 1 fully saturated rings. The molecule has 1 saturated carbocycles. The van der Waals surface area contributed by atoms with E-state index in [-0.39, 0.29) is 0 Å². The number of fused-ring (bicyclic) bond motifs is 2. The first-order valence-corrected chi connectivity index (χ1v) is 13.3. The normalized spacial score (nSPS) is 16.1. The molecule has 0 aromatic heterocycles. The summed E-state index contributed by atoms with van der Waals surface area (Å²) < 4.78 is 41.3. The van der Waals surface area contributed by atoms with E-state index < -0.39 is 11.7 Å². The number of benzene rings is 2. The second-order valence-electron chi connectivity index (χ2n) is 9.68. The van der Waals surface area contributed by atoms with Crippen LogP contribution in [0.3, 0.4) is 0 Å². The third-order valence-corrected chi connectivity index (χ3v) is 8.13.